The summed E-state index contributed by atoms with van der Waals surface area (Å²) in [6.07, 6.45) is 13.6. The van der Waals surface area contributed by atoms with Gasteiger partial charge >= 0.3 is 8.56 Å². The van der Waals surface area contributed by atoms with Crippen LogP contribution >= 0.6 is 0 Å². The van der Waals surface area contributed by atoms with Gasteiger partial charge in [-0.1, -0.05) is 38.5 Å². The first kappa shape index (κ1) is 16.5. The average molecular weight is 301 g/mol. The van der Waals surface area contributed by atoms with Gasteiger partial charge in [0.1, 0.15) is 0 Å². The van der Waals surface area contributed by atoms with E-state index in [1.165, 1.54) is 57.8 Å². The zero-order chi connectivity index (χ0) is 14.4. The van der Waals surface area contributed by atoms with E-state index in [-0.39, 0.29) is 0 Å². The molecule has 20 heavy (non-hydrogen) atoms. The molecule has 1 aliphatic carbocycles. The molecule has 2 aliphatic rings. The van der Waals surface area contributed by atoms with Gasteiger partial charge in [-0.2, -0.15) is 0 Å². The minimum atomic E-state index is -1.81. The summed E-state index contributed by atoms with van der Waals surface area (Å²) >= 11 is 0. The van der Waals surface area contributed by atoms with Crippen molar-refractivity contribution in [3.8, 4) is 0 Å². The molecule has 2 rings (SSSR count). The predicted octanol–water partition coefficient (Wildman–Crippen LogP) is 4.26. The van der Waals surface area contributed by atoms with Gasteiger partial charge in [0, 0.05) is 14.2 Å². The van der Waals surface area contributed by atoms with Gasteiger partial charge in [-0.3, -0.25) is 0 Å². The molecular weight excluding hydrogens is 268 g/mol. The van der Waals surface area contributed by atoms with Crippen molar-refractivity contribution in [2.75, 3.05) is 14.2 Å². The van der Waals surface area contributed by atoms with Crippen LogP contribution in [-0.4, -0.2) is 35.0 Å². The maximum Gasteiger partial charge on any atom is 0.334 e. The van der Waals surface area contributed by atoms with Crippen molar-refractivity contribution in [1.29, 1.82) is 0 Å². The van der Waals surface area contributed by atoms with Crippen LogP contribution in [0.3, 0.4) is 0 Å². The molecule has 1 heterocycles. The van der Waals surface area contributed by atoms with Gasteiger partial charge in [-0.05, 0) is 37.8 Å². The molecule has 0 radical (unpaired) electrons. The van der Waals surface area contributed by atoms with Crippen molar-refractivity contribution >= 4 is 8.56 Å². The molecule has 4 heteroatoms. The molecule has 1 aliphatic heterocycles. The molecule has 0 spiro atoms. The van der Waals surface area contributed by atoms with Crippen LogP contribution in [-0.2, 0) is 13.6 Å². The Kier molecular flexibility index (Phi) is 6.52. The lowest BCUT2D eigenvalue weighted by Crippen LogP contribution is -2.35. The molecule has 3 unspecified atom stereocenters. The molecule has 118 valence electrons. The average Bonchev–Trinajstić information content (AvgIpc) is 3.24. The quantitative estimate of drug-likeness (QED) is 0.343. The van der Waals surface area contributed by atoms with E-state index in [9.17, 15) is 0 Å². The highest BCUT2D eigenvalue weighted by Gasteiger charge is 2.43. The highest BCUT2D eigenvalue weighted by Crippen LogP contribution is 2.41. The van der Waals surface area contributed by atoms with Crippen LogP contribution in [0.15, 0.2) is 0 Å². The first-order valence-corrected chi connectivity index (χ1v) is 10.9. The summed E-state index contributed by atoms with van der Waals surface area (Å²) in [7, 11) is 1.76. The van der Waals surface area contributed by atoms with Crippen LogP contribution < -0.4 is 0 Å². The van der Waals surface area contributed by atoms with Crippen LogP contribution in [0.4, 0.5) is 0 Å². The Morgan fingerprint density at radius 3 is 2.35 bits per heavy atom. The molecule has 0 aromatic heterocycles. The zero-order valence-electron chi connectivity index (χ0n) is 13.5. The predicted molar refractivity (Wildman–Crippen MR) is 84.1 cm³/mol. The SMILES string of the molecule is CO[Si](C)(CCCCCCCC1CCC2OC2C1)OC. The highest BCUT2D eigenvalue weighted by atomic mass is 28.4. The Bertz CT molecular complexity index is 281. The van der Waals surface area contributed by atoms with E-state index in [1.54, 1.807) is 14.2 Å². The third-order valence-corrected chi connectivity index (χ3v) is 8.21. The molecule has 0 aromatic rings. The molecule has 3 atom stereocenters. The molecule has 0 bridgehead atoms. The fraction of sp³-hybridized carbons (Fsp3) is 1.00. The summed E-state index contributed by atoms with van der Waals surface area (Å²) in [4.78, 5) is 0. The topological polar surface area (TPSA) is 31.0 Å². The summed E-state index contributed by atoms with van der Waals surface area (Å²) in [5, 5.41) is 0. The molecule has 1 saturated carbocycles. The maximum absolute atomic E-state index is 5.60. The Hall–Kier alpha value is 0.0969. The molecule has 3 nitrogen and oxygen atoms in total. The van der Waals surface area contributed by atoms with Gasteiger partial charge in [0.25, 0.3) is 0 Å². The van der Waals surface area contributed by atoms with Gasteiger partial charge in [0.2, 0.25) is 0 Å². The van der Waals surface area contributed by atoms with Crippen LogP contribution in [0, 0.1) is 5.92 Å². The van der Waals surface area contributed by atoms with E-state index in [4.69, 9.17) is 13.6 Å². The lowest BCUT2D eigenvalue weighted by molar-refractivity contribution is 0.248. The molecule has 2 fully saturated rings. The molecule has 0 aromatic carbocycles. The second kappa shape index (κ2) is 7.92. The number of hydrogen-bond donors (Lipinski definition) is 0. The lowest BCUT2D eigenvalue weighted by atomic mass is 9.85. The number of ether oxygens (including phenoxy) is 1. The summed E-state index contributed by atoms with van der Waals surface area (Å²) in [6.45, 7) is 2.16. The van der Waals surface area contributed by atoms with Crippen LogP contribution in [0.2, 0.25) is 12.6 Å². The van der Waals surface area contributed by atoms with Crippen molar-refractivity contribution < 1.29 is 13.6 Å². The fourth-order valence-corrected chi connectivity index (χ4v) is 4.91. The first-order chi connectivity index (χ1) is 9.67. The smallest absolute Gasteiger partial charge is 0.334 e. The zero-order valence-corrected chi connectivity index (χ0v) is 14.5. The maximum atomic E-state index is 5.60. The Morgan fingerprint density at radius 2 is 1.65 bits per heavy atom. The van der Waals surface area contributed by atoms with Crippen molar-refractivity contribution in [2.24, 2.45) is 5.92 Å². The summed E-state index contributed by atoms with van der Waals surface area (Å²) in [6, 6.07) is 1.13. The minimum absolute atomic E-state index is 0.652. The van der Waals surface area contributed by atoms with E-state index in [0.717, 1.165) is 12.0 Å². The van der Waals surface area contributed by atoms with E-state index in [1.807, 2.05) is 0 Å². The summed E-state index contributed by atoms with van der Waals surface area (Å²) in [5.74, 6) is 0.955. The highest BCUT2D eigenvalue weighted by molar-refractivity contribution is 6.65. The van der Waals surface area contributed by atoms with Gasteiger partial charge in [-0.25, -0.2) is 0 Å². The van der Waals surface area contributed by atoms with Crippen LogP contribution in [0.1, 0.15) is 57.8 Å². The Morgan fingerprint density at radius 1 is 0.950 bits per heavy atom. The molecule has 0 N–H and O–H groups in total. The molecule has 0 amide bonds. The first-order valence-electron chi connectivity index (χ1n) is 8.42. The van der Waals surface area contributed by atoms with Crippen molar-refractivity contribution in [3.63, 3.8) is 0 Å². The third-order valence-electron chi connectivity index (χ3n) is 5.22. The molecule has 1 saturated heterocycles. The van der Waals surface area contributed by atoms with Crippen molar-refractivity contribution in [1.82, 2.24) is 0 Å². The Labute approximate surface area is 125 Å². The Balaban J connectivity index is 1.42. The van der Waals surface area contributed by atoms with Crippen molar-refractivity contribution in [3.05, 3.63) is 0 Å². The monoisotopic (exact) mass is 300 g/mol. The lowest BCUT2D eigenvalue weighted by Gasteiger charge is -2.22. The number of hydrogen-bond acceptors (Lipinski definition) is 3. The van der Waals surface area contributed by atoms with E-state index >= 15 is 0 Å². The van der Waals surface area contributed by atoms with Gasteiger partial charge in [0.15, 0.2) is 0 Å². The molecular formula is C16H32O3Si. The number of epoxide rings is 1. The van der Waals surface area contributed by atoms with Gasteiger partial charge < -0.3 is 13.6 Å². The van der Waals surface area contributed by atoms with Crippen molar-refractivity contribution in [2.45, 2.75) is 82.6 Å². The van der Waals surface area contributed by atoms with Gasteiger partial charge in [-0.15, -0.1) is 0 Å². The summed E-state index contributed by atoms with van der Waals surface area (Å²) < 4.78 is 16.6. The standard InChI is InChI=1S/C16H32O3Si/c1-17-20(3,18-2)12-8-6-4-5-7-9-14-10-11-15-16(13-14)19-15/h14-16H,4-13H2,1-3H3. The number of unbranched alkanes of at least 4 members (excludes halogenated alkanes) is 4. The van der Waals surface area contributed by atoms with Crippen LogP contribution in [0.5, 0.6) is 0 Å². The third kappa shape index (κ3) is 5.13. The summed E-state index contributed by atoms with van der Waals surface area (Å²) in [5.41, 5.74) is 0. The van der Waals surface area contributed by atoms with E-state index in [2.05, 4.69) is 6.55 Å². The largest absolute Gasteiger partial charge is 0.398 e. The van der Waals surface area contributed by atoms with Crippen LogP contribution in [0.25, 0.3) is 0 Å². The number of rotatable bonds is 10. The normalized spacial score (nSPS) is 29.2. The van der Waals surface area contributed by atoms with E-state index < -0.39 is 8.56 Å². The van der Waals surface area contributed by atoms with Gasteiger partial charge in [0.05, 0.1) is 12.2 Å². The second-order valence-corrected chi connectivity index (χ2v) is 10.3. The number of fused-ring (bicyclic) bond motifs is 1. The minimum Gasteiger partial charge on any atom is -0.398 e. The fourth-order valence-electron chi connectivity index (χ4n) is 3.45. The van der Waals surface area contributed by atoms with E-state index in [0.29, 0.717) is 12.2 Å². The second-order valence-electron chi connectivity index (χ2n) is 6.74.